The minimum atomic E-state index is -0.514. The van der Waals surface area contributed by atoms with Gasteiger partial charge in [0.15, 0.2) is 11.6 Å². The summed E-state index contributed by atoms with van der Waals surface area (Å²) in [6.45, 7) is 0.532. The van der Waals surface area contributed by atoms with Crippen LogP contribution in [0.15, 0.2) is 18.5 Å². The Hall–Kier alpha value is -2.18. The molecule has 0 unspecified atom stereocenters. The van der Waals surface area contributed by atoms with Crippen molar-refractivity contribution in [2.45, 2.75) is 6.42 Å². The third-order valence-corrected chi connectivity index (χ3v) is 2.21. The third kappa shape index (κ3) is 2.90. The molecule has 6 nitrogen and oxygen atoms in total. The number of nitrogens with one attached hydrogen (secondary N) is 1. The van der Waals surface area contributed by atoms with Crippen LogP contribution in [-0.2, 0) is 13.5 Å². The number of nitrogen functional groups attached to an aromatic ring is 1. The number of hydrogen-bond donors (Lipinski definition) is 2. The molecule has 0 spiro atoms. The lowest BCUT2D eigenvalue weighted by molar-refractivity contribution is 0.617. The molecule has 2 rings (SSSR count). The first-order chi connectivity index (χ1) is 8.15. The van der Waals surface area contributed by atoms with Crippen LogP contribution in [0, 0.1) is 5.82 Å². The van der Waals surface area contributed by atoms with Gasteiger partial charge in [-0.3, -0.25) is 4.68 Å². The Balaban J connectivity index is 1.91. The molecule has 0 aliphatic rings. The molecule has 0 aliphatic carbocycles. The van der Waals surface area contributed by atoms with E-state index in [4.69, 9.17) is 5.73 Å². The van der Waals surface area contributed by atoms with Gasteiger partial charge in [-0.15, -0.1) is 0 Å². The predicted molar refractivity (Wildman–Crippen MR) is 61.8 cm³/mol. The molecular formula is C10H13FN6. The Morgan fingerprint density at radius 2 is 2.35 bits per heavy atom. The average Bonchev–Trinajstić information content (AvgIpc) is 2.69. The molecule has 0 saturated heterocycles. The van der Waals surface area contributed by atoms with E-state index in [0.717, 1.165) is 11.9 Å². The van der Waals surface area contributed by atoms with E-state index in [1.807, 2.05) is 19.3 Å². The molecule has 7 heteroatoms. The summed E-state index contributed by atoms with van der Waals surface area (Å²) in [5.74, 6) is -0.347. The molecule has 0 aliphatic heterocycles. The standard InChI is InChI=1S/C10H13FN6/c1-17-5-3-7(16-17)2-4-13-9-8(11)6-14-10(12)15-9/h3,5-6H,2,4H2,1H3,(H3,12,13,14,15). The smallest absolute Gasteiger partial charge is 0.222 e. The van der Waals surface area contributed by atoms with Gasteiger partial charge in [0, 0.05) is 26.2 Å². The minimum Gasteiger partial charge on any atom is -0.368 e. The van der Waals surface area contributed by atoms with Crippen molar-refractivity contribution in [1.29, 1.82) is 0 Å². The van der Waals surface area contributed by atoms with Crippen molar-refractivity contribution in [3.63, 3.8) is 0 Å². The van der Waals surface area contributed by atoms with Crippen LogP contribution in [0.2, 0.25) is 0 Å². The molecule has 0 aromatic carbocycles. The molecule has 2 heterocycles. The molecule has 0 atom stereocenters. The van der Waals surface area contributed by atoms with Crippen molar-refractivity contribution in [1.82, 2.24) is 19.7 Å². The van der Waals surface area contributed by atoms with Crippen molar-refractivity contribution < 1.29 is 4.39 Å². The van der Waals surface area contributed by atoms with Gasteiger partial charge in [0.05, 0.1) is 11.9 Å². The van der Waals surface area contributed by atoms with Gasteiger partial charge in [0.1, 0.15) is 0 Å². The highest BCUT2D eigenvalue weighted by atomic mass is 19.1. The summed E-state index contributed by atoms with van der Waals surface area (Å²) in [5.41, 5.74) is 6.30. The second kappa shape index (κ2) is 4.77. The van der Waals surface area contributed by atoms with E-state index in [-0.39, 0.29) is 11.8 Å². The Morgan fingerprint density at radius 1 is 1.53 bits per heavy atom. The highest BCUT2D eigenvalue weighted by Crippen LogP contribution is 2.09. The SMILES string of the molecule is Cn1ccc(CCNc2nc(N)ncc2F)n1. The van der Waals surface area contributed by atoms with Crippen LogP contribution in [0.5, 0.6) is 0 Å². The zero-order chi connectivity index (χ0) is 12.3. The fourth-order valence-corrected chi connectivity index (χ4v) is 1.41. The quantitative estimate of drug-likeness (QED) is 0.811. The normalized spacial score (nSPS) is 10.5. The van der Waals surface area contributed by atoms with Gasteiger partial charge in [-0.2, -0.15) is 10.1 Å². The van der Waals surface area contributed by atoms with Gasteiger partial charge in [-0.05, 0) is 6.07 Å². The zero-order valence-electron chi connectivity index (χ0n) is 9.39. The van der Waals surface area contributed by atoms with Crippen molar-refractivity contribution in [3.05, 3.63) is 30.0 Å². The van der Waals surface area contributed by atoms with Gasteiger partial charge >= 0.3 is 0 Å². The molecule has 0 bridgehead atoms. The third-order valence-electron chi connectivity index (χ3n) is 2.21. The molecule has 0 fully saturated rings. The van der Waals surface area contributed by atoms with E-state index in [9.17, 15) is 4.39 Å². The summed E-state index contributed by atoms with van der Waals surface area (Å²) in [6, 6.07) is 1.91. The number of aryl methyl sites for hydroxylation is 1. The number of hydrogen-bond acceptors (Lipinski definition) is 5. The van der Waals surface area contributed by atoms with Gasteiger partial charge in [-0.25, -0.2) is 9.37 Å². The largest absolute Gasteiger partial charge is 0.368 e. The second-order valence-corrected chi connectivity index (χ2v) is 3.58. The van der Waals surface area contributed by atoms with Gasteiger partial charge < -0.3 is 11.1 Å². The van der Waals surface area contributed by atoms with Crippen LogP contribution in [0.1, 0.15) is 5.69 Å². The lowest BCUT2D eigenvalue weighted by Gasteiger charge is -2.05. The fraction of sp³-hybridized carbons (Fsp3) is 0.300. The first-order valence-corrected chi connectivity index (χ1v) is 5.15. The number of aromatic nitrogens is 4. The molecule has 2 aromatic heterocycles. The first-order valence-electron chi connectivity index (χ1n) is 5.15. The van der Waals surface area contributed by atoms with Crippen molar-refractivity contribution in [3.8, 4) is 0 Å². The summed E-state index contributed by atoms with van der Waals surface area (Å²) in [6.07, 6.45) is 3.59. The Labute approximate surface area is 97.7 Å². The number of rotatable bonds is 4. The Kier molecular flexibility index (Phi) is 3.17. The lowest BCUT2D eigenvalue weighted by Crippen LogP contribution is -2.10. The highest BCUT2D eigenvalue weighted by molar-refractivity contribution is 5.39. The van der Waals surface area contributed by atoms with E-state index >= 15 is 0 Å². The molecule has 2 aromatic rings. The summed E-state index contributed by atoms with van der Waals surface area (Å²) >= 11 is 0. The number of anilines is 2. The molecule has 90 valence electrons. The zero-order valence-corrected chi connectivity index (χ0v) is 9.39. The second-order valence-electron chi connectivity index (χ2n) is 3.58. The van der Waals surface area contributed by atoms with Gasteiger partial charge in [0.25, 0.3) is 0 Å². The van der Waals surface area contributed by atoms with Gasteiger partial charge in [-0.1, -0.05) is 0 Å². The van der Waals surface area contributed by atoms with Crippen LogP contribution in [0.4, 0.5) is 16.2 Å². The number of halogens is 1. The van der Waals surface area contributed by atoms with Crippen LogP contribution >= 0.6 is 0 Å². The summed E-state index contributed by atoms with van der Waals surface area (Å²) < 4.78 is 15.0. The van der Waals surface area contributed by atoms with Crippen molar-refractivity contribution >= 4 is 11.8 Å². The average molecular weight is 236 g/mol. The van der Waals surface area contributed by atoms with Gasteiger partial charge in [0.2, 0.25) is 5.95 Å². The Bertz CT molecular complexity index is 509. The van der Waals surface area contributed by atoms with Crippen LogP contribution < -0.4 is 11.1 Å². The topological polar surface area (TPSA) is 81.7 Å². The monoisotopic (exact) mass is 236 g/mol. The van der Waals surface area contributed by atoms with E-state index < -0.39 is 5.82 Å². The van der Waals surface area contributed by atoms with Crippen LogP contribution in [-0.4, -0.2) is 26.3 Å². The van der Waals surface area contributed by atoms with Crippen molar-refractivity contribution in [2.24, 2.45) is 7.05 Å². The maximum absolute atomic E-state index is 13.2. The summed E-state index contributed by atoms with van der Waals surface area (Å²) in [5, 5.41) is 7.06. The summed E-state index contributed by atoms with van der Waals surface area (Å²) in [4.78, 5) is 7.31. The van der Waals surface area contributed by atoms with E-state index in [2.05, 4.69) is 20.4 Å². The minimum absolute atomic E-state index is 0.0479. The Morgan fingerprint density at radius 3 is 3.06 bits per heavy atom. The highest BCUT2D eigenvalue weighted by Gasteiger charge is 2.04. The molecule has 3 N–H and O–H groups in total. The van der Waals surface area contributed by atoms with E-state index in [1.54, 1.807) is 4.68 Å². The van der Waals surface area contributed by atoms with Crippen molar-refractivity contribution in [2.75, 3.05) is 17.6 Å². The number of nitrogens with two attached hydrogens (primary N) is 1. The first kappa shape index (κ1) is 11.3. The molecular weight excluding hydrogens is 223 g/mol. The molecule has 0 saturated carbocycles. The summed E-state index contributed by atoms with van der Waals surface area (Å²) in [7, 11) is 1.85. The van der Waals surface area contributed by atoms with E-state index in [1.165, 1.54) is 0 Å². The maximum atomic E-state index is 13.2. The maximum Gasteiger partial charge on any atom is 0.222 e. The molecule has 17 heavy (non-hydrogen) atoms. The predicted octanol–water partition coefficient (Wildman–Crippen LogP) is 0.586. The molecule has 0 radical (unpaired) electrons. The van der Waals surface area contributed by atoms with Crippen LogP contribution in [0.25, 0.3) is 0 Å². The van der Waals surface area contributed by atoms with E-state index in [0.29, 0.717) is 13.0 Å². The lowest BCUT2D eigenvalue weighted by atomic mass is 10.3. The number of nitrogens with zero attached hydrogens (tertiary/aromatic N) is 4. The molecule has 0 amide bonds. The fourth-order valence-electron chi connectivity index (χ4n) is 1.41. The van der Waals surface area contributed by atoms with Crippen LogP contribution in [0.3, 0.4) is 0 Å².